The second-order valence-corrected chi connectivity index (χ2v) is 6.38. The summed E-state index contributed by atoms with van der Waals surface area (Å²) in [6.07, 6.45) is 3.66. The maximum absolute atomic E-state index is 12.4. The molecule has 2 rings (SSSR count). The zero-order chi connectivity index (χ0) is 18.9. The van der Waals surface area contributed by atoms with Gasteiger partial charge in [0.15, 0.2) is 0 Å². The monoisotopic (exact) mass is 357 g/mol. The van der Waals surface area contributed by atoms with Gasteiger partial charge in [-0.25, -0.2) is 0 Å². The molecule has 26 heavy (non-hydrogen) atoms. The standard InChI is InChI=1S/C20H27N3O3/c1-4-25-19-8-7-14(2)10-18(19)15(3)23-20(24)16(11-21)12-22-13-17-6-5-9-26-17/h7-8,10,12,15,17,22H,4-6,9,13H2,1-3H3,(H,23,24)/b16-12-. The first kappa shape index (κ1) is 19.8. The van der Waals surface area contributed by atoms with Crippen LogP contribution in [0.3, 0.4) is 0 Å². The Morgan fingerprint density at radius 3 is 3.00 bits per heavy atom. The number of hydrogen-bond acceptors (Lipinski definition) is 5. The van der Waals surface area contributed by atoms with Gasteiger partial charge < -0.3 is 20.1 Å². The first-order chi connectivity index (χ1) is 12.5. The molecule has 0 spiro atoms. The van der Waals surface area contributed by atoms with Crippen molar-refractivity contribution in [1.29, 1.82) is 5.26 Å². The number of ether oxygens (including phenoxy) is 2. The molecule has 2 unspecified atom stereocenters. The van der Waals surface area contributed by atoms with Crippen LogP contribution in [-0.4, -0.2) is 31.8 Å². The van der Waals surface area contributed by atoms with Crippen molar-refractivity contribution in [3.05, 3.63) is 41.1 Å². The van der Waals surface area contributed by atoms with Gasteiger partial charge in [-0.2, -0.15) is 5.26 Å². The SMILES string of the molecule is CCOc1ccc(C)cc1C(C)NC(=O)/C(C#N)=C\NCC1CCCO1. The Morgan fingerprint density at radius 1 is 1.54 bits per heavy atom. The maximum Gasteiger partial charge on any atom is 0.263 e. The Morgan fingerprint density at radius 2 is 2.35 bits per heavy atom. The molecule has 0 aliphatic carbocycles. The summed E-state index contributed by atoms with van der Waals surface area (Å²) < 4.78 is 11.2. The fraction of sp³-hybridized carbons (Fsp3) is 0.500. The van der Waals surface area contributed by atoms with E-state index < -0.39 is 5.91 Å². The third kappa shape index (κ3) is 5.50. The number of benzene rings is 1. The Bertz CT molecular complexity index is 688. The molecule has 1 aliphatic rings. The normalized spacial score (nSPS) is 18.1. The summed E-state index contributed by atoms with van der Waals surface area (Å²) in [5, 5.41) is 15.2. The molecule has 1 saturated heterocycles. The van der Waals surface area contributed by atoms with Gasteiger partial charge in [0.25, 0.3) is 5.91 Å². The summed E-state index contributed by atoms with van der Waals surface area (Å²) in [4.78, 5) is 12.4. The lowest BCUT2D eigenvalue weighted by Gasteiger charge is -2.18. The highest BCUT2D eigenvalue weighted by atomic mass is 16.5. The first-order valence-corrected chi connectivity index (χ1v) is 9.04. The molecule has 1 amide bonds. The average molecular weight is 357 g/mol. The lowest BCUT2D eigenvalue weighted by atomic mass is 10.0. The predicted octanol–water partition coefficient (Wildman–Crippen LogP) is 2.75. The van der Waals surface area contributed by atoms with Crippen LogP contribution >= 0.6 is 0 Å². The summed E-state index contributed by atoms with van der Waals surface area (Å²) in [5.41, 5.74) is 2.02. The third-order valence-electron chi connectivity index (χ3n) is 4.26. The molecule has 140 valence electrons. The number of nitrogens with zero attached hydrogens (tertiary/aromatic N) is 1. The van der Waals surface area contributed by atoms with Crippen LogP contribution in [-0.2, 0) is 9.53 Å². The van der Waals surface area contributed by atoms with Crippen LogP contribution < -0.4 is 15.4 Å². The highest BCUT2D eigenvalue weighted by molar-refractivity contribution is 5.97. The molecule has 6 heteroatoms. The van der Waals surface area contributed by atoms with Crippen molar-refractivity contribution in [2.45, 2.75) is 45.8 Å². The lowest BCUT2D eigenvalue weighted by Crippen LogP contribution is -2.30. The van der Waals surface area contributed by atoms with Crippen molar-refractivity contribution in [1.82, 2.24) is 10.6 Å². The van der Waals surface area contributed by atoms with Gasteiger partial charge in [0, 0.05) is 24.9 Å². The number of aryl methyl sites for hydroxylation is 1. The van der Waals surface area contributed by atoms with Crippen LogP contribution in [0.15, 0.2) is 30.0 Å². The zero-order valence-corrected chi connectivity index (χ0v) is 15.7. The van der Waals surface area contributed by atoms with Gasteiger partial charge >= 0.3 is 0 Å². The Labute approximate surface area is 155 Å². The van der Waals surface area contributed by atoms with Gasteiger partial charge in [-0.1, -0.05) is 17.7 Å². The van der Waals surface area contributed by atoms with Gasteiger partial charge in [0.05, 0.1) is 18.8 Å². The number of amides is 1. The first-order valence-electron chi connectivity index (χ1n) is 9.04. The molecule has 1 fully saturated rings. The summed E-state index contributed by atoms with van der Waals surface area (Å²) >= 11 is 0. The van der Waals surface area contributed by atoms with E-state index in [-0.39, 0.29) is 17.7 Å². The quantitative estimate of drug-likeness (QED) is 0.552. The minimum atomic E-state index is -0.413. The number of carbonyl (C=O) groups is 1. The van der Waals surface area contributed by atoms with E-state index in [0.717, 1.165) is 36.3 Å². The number of carbonyl (C=O) groups excluding carboxylic acids is 1. The minimum Gasteiger partial charge on any atom is -0.494 e. The van der Waals surface area contributed by atoms with E-state index in [9.17, 15) is 10.1 Å². The molecule has 1 heterocycles. The smallest absolute Gasteiger partial charge is 0.263 e. The molecule has 0 radical (unpaired) electrons. The van der Waals surface area contributed by atoms with E-state index >= 15 is 0 Å². The summed E-state index contributed by atoms with van der Waals surface area (Å²) in [6.45, 7) is 7.71. The van der Waals surface area contributed by atoms with Gasteiger partial charge in [-0.3, -0.25) is 4.79 Å². The topological polar surface area (TPSA) is 83.4 Å². The largest absolute Gasteiger partial charge is 0.494 e. The molecule has 0 bridgehead atoms. The van der Waals surface area contributed by atoms with Crippen molar-refractivity contribution in [3.63, 3.8) is 0 Å². The molecule has 0 aromatic heterocycles. The third-order valence-corrected chi connectivity index (χ3v) is 4.26. The van der Waals surface area contributed by atoms with E-state index in [1.54, 1.807) is 0 Å². The molecule has 1 aromatic rings. The highest BCUT2D eigenvalue weighted by Gasteiger charge is 2.18. The second kappa shape index (κ2) is 9.83. The predicted molar refractivity (Wildman–Crippen MR) is 99.6 cm³/mol. The van der Waals surface area contributed by atoms with E-state index in [1.165, 1.54) is 6.20 Å². The summed E-state index contributed by atoms with van der Waals surface area (Å²) in [6, 6.07) is 7.53. The Balaban J connectivity index is 2.00. The van der Waals surface area contributed by atoms with Gasteiger partial charge in [-0.15, -0.1) is 0 Å². The molecule has 1 aromatic carbocycles. The van der Waals surface area contributed by atoms with E-state index in [0.29, 0.717) is 13.2 Å². The Kier molecular flexibility index (Phi) is 7.49. The van der Waals surface area contributed by atoms with Crippen LogP contribution in [0.5, 0.6) is 5.75 Å². The number of nitriles is 1. The molecule has 6 nitrogen and oxygen atoms in total. The molecular formula is C20H27N3O3. The van der Waals surface area contributed by atoms with Crippen LogP contribution in [0.4, 0.5) is 0 Å². The number of rotatable bonds is 8. The van der Waals surface area contributed by atoms with E-state index in [2.05, 4.69) is 10.6 Å². The average Bonchev–Trinajstić information content (AvgIpc) is 3.13. The van der Waals surface area contributed by atoms with Crippen LogP contribution in [0.25, 0.3) is 0 Å². The van der Waals surface area contributed by atoms with Gasteiger partial charge in [-0.05, 0) is 39.7 Å². The molecule has 0 saturated carbocycles. The van der Waals surface area contributed by atoms with Gasteiger partial charge in [0.1, 0.15) is 17.4 Å². The summed E-state index contributed by atoms with van der Waals surface area (Å²) in [7, 11) is 0. The van der Waals surface area contributed by atoms with Crippen molar-refractivity contribution >= 4 is 5.91 Å². The minimum absolute atomic E-state index is 0.0421. The molecule has 2 atom stereocenters. The lowest BCUT2D eigenvalue weighted by molar-refractivity contribution is -0.117. The van der Waals surface area contributed by atoms with Crippen molar-refractivity contribution in [2.75, 3.05) is 19.8 Å². The van der Waals surface area contributed by atoms with Crippen molar-refractivity contribution in [2.24, 2.45) is 0 Å². The number of nitrogens with one attached hydrogen (secondary N) is 2. The maximum atomic E-state index is 12.4. The highest BCUT2D eigenvalue weighted by Crippen LogP contribution is 2.26. The fourth-order valence-corrected chi connectivity index (χ4v) is 2.89. The molecule has 2 N–H and O–H groups in total. The van der Waals surface area contributed by atoms with E-state index in [1.807, 2.05) is 45.0 Å². The second-order valence-electron chi connectivity index (χ2n) is 6.38. The summed E-state index contributed by atoms with van der Waals surface area (Å²) in [5.74, 6) is 0.327. The number of hydrogen-bond donors (Lipinski definition) is 2. The van der Waals surface area contributed by atoms with Crippen molar-refractivity contribution in [3.8, 4) is 11.8 Å². The van der Waals surface area contributed by atoms with E-state index in [4.69, 9.17) is 9.47 Å². The van der Waals surface area contributed by atoms with Gasteiger partial charge in [0.2, 0.25) is 0 Å². The van der Waals surface area contributed by atoms with Crippen LogP contribution in [0.2, 0.25) is 0 Å². The Hall–Kier alpha value is -2.52. The van der Waals surface area contributed by atoms with Crippen LogP contribution in [0.1, 0.15) is 43.9 Å². The van der Waals surface area contributed by atoms with Crippen LogP contribution in [0, 0.1) is 18.3 Å². The zero-order valence-electron chi connectivity index (χ0n) is 15.7. The fourth-order valence-electron chi connectivity index (χ4n) is 2.89. The molecule has 1 aliphatic heterocycles. The molecular weight excluding hydrogens is 330 g/mol. The van der Waals surface area contributed by atoms with Crippen molar-refractivity contribution < 1.29 is 14.3 Å².